The van der Waals surface area contributed by atoms with E-state index in [1.54, 1.807) is 0 Å². The molecule has 5 heteroatoms. The van der Waals surface area contributed by atoms with Crippen molar-refractivity contribution in [1.82, 2.24) is 0 Å². The molecular weight excluding hydrogens is 239 g/mol. The molecule has 0 heterocycles. The molecule has 0 aliphatic carbocycles. The molecule has 0 aromatic heterocycles. The van der Waals surface area contributed by atoms with E-state index in [0.29, 0.717) is 19.8 Å². The van der Waals surface area contributed by atoms with Crippen LogP contribution in [0.15, 0.2) is 12.1 Å². The van der Waals surface area contributed by atoms with Crippen LogP contribution in [0.4, 0.5) is 0 Å². The standard InChI is InChI=1S/C12H25O4P/c1-4-7-9-15-17(13,12-11-14-6-3)16-10-8-5-2/h11-12H,4-10H2,1-3H3. The van der Waals surface area contributed by atoms with Gasteiger partial charge in [-0.3, -0.25) is 4.57 Å². The third-order valence-corrected chi connectivity index (χ3v) is 3.62. The van der Waals surface area contributed by atoms with Crippen molar-refractivity contribution in [1.29, 1.82) is 0 Å². The van der Waals surface area contributed by atoms with E-state index in [9.17, 15) is 4.57 Å². The Labute approximate surface area is 105 Å². The molecule has 0 radical (unpaired) electrons. The molecule has 0 aromatic rings. The number of hydrogen-bond donors (Lipinski definition) is 0. The van der Waals surface area contributed by atoms with Crippen molar-refractivity contribution in [3.05, 3.63) is 12.1 Å². The van der Waals surface area contributed by atoms with Crippen LogP contribution in [0, 0.1) is 0 Å². The Balaban J connectivity index is 4.19. The van der Waals surface area contributed by atoms with Gasteiger partial charge in [0.2, 0.25) is 0 Å². The van der Waals surface area contributed by atoms with Crippen LogP contribution in [0.3, 0.4) is 0 Å². The second-order valence-corrected chi connectivity index (χ2v) is 5.55. The summed E-state index contributed by atoms with van der Waals surface area (Å²) in [6, 6.07) is 0. The average Bonchev–Trinajstić information content (AvgIpc) is 2.30. The van der Waals surface area contributed by atoms with Crippen molar-refractivity contribution in [2.45, 2.75) is 46.5 Å². The first-order valence-corrected chi connectivity index (χ1v) is 7.97. The molecule has 102 valence electrons. The zero-order valence-electron chi connectivity index (χ0n) is 11.2. The lowest BCUT2D eigenvalue weighted by Crippen LogP contribution is -1.97. The molecule has 0 atom stereocenters. The first-order chi connectivity index (χ1) is 8.18. The van der Waals surface area contributed by atoms with Gasteiger partial charge in [-0.25, -0.2) is 0 Å². The number of ether oxygens (including phenoxy) is 1. The minimum absolute atomic E-state index is 0.455. The van der Waals surface area contributed by atoms with Crippen LogP contribution < -0.4 is 0 Å². The topological polar surface area (TPSA) is 44.8 Å². The van der Waals surface area contributed by atoms with E-state index in [0.717, 1.165) is 25.7 Å². The highest BCUT2D eigenvalue weighted by Crippen LogP contribution is 2.50. The van der Waals surface area contributed by atoms with E-state index in [2.05, 4.69) is 13.8 Å². The van der Waals surface area contributed by atoms with Gasteiger partial charge in [0.15, 0.2) is 0 Å². The van der Waals surface area contributed by atoms with Crippen molar-refractivity contribution in [3.63, 3.8) is 0 Å². The van der Waals surface area contributed by atoms with E-state index in [1.807, 2.05) is 6.92 Å². The van der Waals surface area contributed by atoms with Crippen LogP contribution in [-0.2, 0) is 18.3 Å². The summed E-state index contributed by atoms with van der Waals surface area (Å²) in [4.78, 5) is 0. The molecule has 0 aliphatic rings. The highest BCUT2D eigenvalue weighted by atomic mass is 31.2. The van der Waals surface area contributed by atoms with E-state index in [4.69, 9.17) is 13.8 Å². The van der Waals surface area contributed by atoms with Crippen molar-refractivity contribution in [2.24, 2.45) is 0 Å². The zero-order valence-corrected chi connectivity index (χ0v) is 12.1. The Morgan fingerprint density at radius 1 is 1.00 bits per heavy atom. The first-order valence-electron chi connectivity index (χ1n) is 6.36. The normalized spacial score (nSPS) is 12.2. The largest absolute Gasteiger partial charge is 0.501 e. The molecule has 0 amide bonds. The Bertz CT molecular complexity index is 227. The molecule has 0 spiro atoms. The number of rotatable bonds is 11. The first kappa shape index (κ1) is 16.7. The summed E-state index contributed by atoms with van der Waals surface area (Å²) >= 11 is 0. The van der Waals surface area contributed by atoms with Crippen LogP contribution >= 0.6 is 7.60 Å². The summed E-state index contributed by atoms with van der Waals surface area (Å²) in [5, 5.41) is 0. The van der Waals surface area contributed by atoms with Crippen LogP contribution in [0.25, 0.3) is 0 Å². The van der Waals surface area contributed by atoms with E-state index >= 15 is 0 Å². The molecule has 0 rings (SSSR count). The predicted octanol–water partition coefficient (Wildman–Crippen LogP) is 4.32. The molecule has 0 aliphatic heterocycles. The molecule has 17 heavy (non-hydrogen) atoms. The van der Waals surface area contributed by atoms with Crippen LogP contribution in [-0.4, -0.2) is 19.8 Å². The fraction of sp³-hybridized carbons (Fsp3) is 0.833. The highest BCUT2D eigenvalue weighted by Gasteiger charge is 2.20. The SMILES string of the molecule is CCCCOP(=O)(C=COCC)OCCCC. The van der Waals surface area contributed by atoms with E-state index in [1.165, 1.54) is 12.1 Å². The van der Waals surface area contributed by atoms with Gasteiger partial charge < -0.3 is 13.8 Å². The lowest BCUT2D eigenvalue weighted by Gasteiger charge is -2.14. The fourth-order valence-corrected chi connectivity index (χ4v) is 2.26. The summed E-state index contributed by atoms with van der Waals surface area (Å²) in [5.41, 5.74) is 0. The highest BCUT2D eigenvalue weighted by molar-refractivity contribution is 7.57. The van der Waals surface area contributed by atoms with Gasteiger partial charge in [0.25, 0.3) is 0 Å². The smallest absolute Gasteiger partial charge is 0.357 e. The van der Waals surface area contributed by atoms with Crippen molar-refractivity contribution in [2.75, 3.05) is 19.8 Å². The molecule has 0 N–H and O–H groups in total. The fourth-order valence-electron chi connectivity index (χ4n) is 1.01. The second-order valence-electron chi connectivity index (χ2n) is 3.65. The van der Waals surface area contributed by atoms with Gasteiger partial charge in [0.05, 0.1) is 31.9 Å². The maximum Gasteiger partial charge on any atom is 0.357 e. The van der Waals surface area contributed by atoms with Gasteiger partial charge in [-0.1, -0.05) is 26.7 Å². The van der Waals surface area contributed by atoms with E-state index < -0.39 is 7.60 Å². The molecular formula is C12H25O4P. The van der Waals surface area contributed by atoms with Gasteiger partial charge in [0, 0.05) is 0 Å². The summed E-state index contributed by atoms with van der Waals surface area (Å²) in [7, 11) is -3.11. The third kappa shape index (κ3) is 9.40. The Morgan fingerprint density at radius 2 is 1.53 bits per heavy atom. The number of unbranched alkanes of at least 4 members (excludes halogenated alkanes) is 2. The summed E-state index contributed by atoms with van der Waals surface area (Å²) in [6.45, 7) is 7.43. The molecule has 0 saturated heterocycles. The van der Waals surface area contributed by atoms with Gasteiger partial charge >= 0.3 is 7.60 Å². The van der Waals surface area contributed by atoms with Crippen molar-refractivity contribution >= 4 is 7.60 Å². The van der Waals surface area contributed by atoms with Crippen LogP contribution in [0.1, 0.15) is 46.5 Å². The zero-order chi connectivity index (χ0) is 13.0. The summed E-state index contributed by atoms with van der Waals surface area (Å²) in [5.74, 6) is 1.40. The molecule has 0 aromatic carbocycles. The quantitative estimate of drug-likeness (QED) is 0.317. The minimum Gasteiger partial charge on any atom is -0.501 e. The van der Waals surface area contributed by atoms with Crippen LogP contribution in [0.5, 0.6) is 0 Å². The van der Waals surface area contributed by atoms with Gasteiger partial charge in [-0.2, -0.15) is 0 Å². The van der Waals surface area contributed by atoms with Gasteiger partial charge in [-0.15, -0.1) is 0 Å². The van der Waals surface area contributed by atoms with Crippen molar-refractivity contribution < 1.29 is 18.3 Å². The summed E-state index contributed by atoms with van der Waals surface area (Å²) in [6.07, 6.45) is 5.17. The number of hydrogen-bond acceptors (Lipinski definition) is 4. The average molecular weight is 264 g/mol. The van der Waals surface area contributed by atoms with Gasteiger partial charge in [-0.05, 0) is 19.8 Å². The Hall–Kier alpha value is -0.310. The third-order valence-electron chi connectivity index (χ3n) is 2.04. The van der Waals surface area contributed by atoms with Gasteiger partial charge in [0.1, 0.15) is 0 Å². The molecule has 0 saturated carbocycles. The molecule has 0 bridgehead atoms. The summed E-state index contributed by atoms with van der Waals surface area (Å²) < 4.78 is 27.9. The maximum atomic E-state index is 12.2. The maximum absolute atomic E-state index is 12.2. The second kappa shape index (κ2) is 10.8. The minimum atomic E-state index is -3.11. The molecule has 0 unspecified atom stereocenters. The van der Waals surface area contributed by atoms with Crippen LogP contribution in [0.2, 0.25) is 0 Å². The van der Waals surface area contributed by atoms with E-state index in [-0.39, 0.29) is 0 Å². The van der Waals surface area contributed by atoms with Crippen molar-refractivity contribution in [3.8, 4) is 0 Å². The monoisotopic (exact) mass is 264 g/mol. The molecule has 4 nitrogen and oxygen atoms in total. The molecule has 0 fully saturated rings. The Kier molecular flexibility index (Phi) is 10.6. The predicted molar refractivity (Wildman–Crippen MR) is 70.1 cm³/mol. The Morgan fingerprint density at radius 3 is 1.94 bits per heavy atom. The lowest BCUT2D eigenvalue weighted by molar-refractivity contribution is 0.205. The lowest BCUT2D eigenvalue weighted by atomic mass is 10.4.